The van der Waals surface area contributed by atoms with Crippen molar-refractivity contribution in [1.29, 1.82) is 0 Å². The first-order valence-electron chi connectivity index (χ1n) is 10.7. The number of alkyl halides is 3. The molecule has 0 saturated carbocycles. The standard InChI is InChI=1S/C26H23F3N2O4/c1-2-19-11-13-23(14-12-19)34-18-25(33)35-17-24(32)31(30-16-20-7-4-3-5-8-20)22-10-6-9-21(15-22)26(27,28)29/h3-16H,2,17-18H2,1H3. The third kappa shape index (κ3) is 7.70. The summed E-state index contributed by atoms with van der Waals surface area (Å²) in [6.07, 6.45) is -2.42. The second-order valence-corrected chi connectivity index (χ2v) is 7.36. The number of carbonyl (C=O) groups is 2. The summed E-state index contributed by atoms with van der Waals surface area (Å²) in [4.78, 5) is 24.9. The van der Waals surface area contributed by atoms with Crippen molar-refractivity contribution in [2.75, 3.05) is 18.2 Å². The number of halogens is 3. The number of carbonyl (C=O) groups excluding carboxylic acids is 2. The van der Waals surface area contributed by atoms with Gasteiger partial charge in [-0.25, -0.2) is 4.79 Å². The molecule has 0 atom stereocenters. The number of anilines is 1. The van der Waals surface area contributed by atoms with E-state index in [2.05, 4.69) is 5.10 Å². The molecule has 0 bridgehead atoms. The van der Waals surface area contributed by atoms with Gasteiger partial charge >= 0.3 is 12.1 Å². The second-order valence-electron chi connectivity index (χ2n) is 7.36. The van der Waals surface area contributed by atoms with Crippen molar-refractivity contribution in [1.82, 2.24) is 0 Å². The van der Waals surface area contributed by atoms with Gasteiger partial charge in [-0.05, 0) is 47.9 Å². The van der Waals surface area contributed by atoms with E-state index in [4.69, 9.17) is 9.47 Å². The fourth-order valence-corrected chi connectivity index (χ4v) is 2.96. The average molecular weight is 484 g/mol. The lowest BCUT2D eigenvalue weighted by Gasteiger charge is -2.18. The summed E-state index contributed by atoms with van der Waals surface area (Å²) in [6.45, 7) is 0.839. The molecule has 9 heteroatoms. The second kappa shape index (κ2) is 11.8. The van der Waals surface area contributed by atoms with E-state index in [0.717, 1.165) is 29.1 Å². The van der Waals surface area contributed by atoms with Gasteiger partial charge in [-0.2, -0.15) is 23.3 Å². The minimum Gasteiger partial charge on any atom is -0.482 e. The highest BCUT2D eigenvalue weighted by Crippen LogP contribution is 2.31. The first-order chi connectivity index (χ1) is 16.8. The van der Waals surface area contributed by atoms with Crippen molar-refractivity contribution in [2.45, 2.75) is 19.5 Å². The van der Waals surface area contributed by atoms with Crippen LogP contribution in [0.1, 0.15) is 23.6 Å². The normalized spacial score (nSPS) is 11.3. The van der Waals surface area contributed by atoms with Crippen molar-refractivity contribution >= 4 is 23.8 Å². The van der Waals surface area contributed by atoms with E-state index >= 15 is 0 Å². The van der Waals surface area contributed by atoms with E-state index in [1.807, 2.05) is 19.1 Å². The zero-order valence-corrected chi connectivity index (χ0v) is 18.9. The Morgan fingerprint density at radius 1 is 0.943 bits per heavy atom. The van der Waals surface area contributed by atoms with Gasteiger partial charge in [0, 0.05) is 0 Å². The summed E-state index contributed by atoms with van der Waals surface area (Å²) >= 11 is 0. The minimum absolute atomic E-state index is 0.125. The van der Waals surface area contributed by atoms with Crippen LogP contribution in [0.2, 0.25) is 0 Å². The van der Waals surface area contributed by atoms with Crippen molar-refractivity contribution in [3.05, 3.63) is 95.6 Å². The van der Waals surface area contributed by atoms with Gasteiger partial charge in [0.05, 0.1) is 17.5 Å². The molecule has 3 aromatic rings. The lowest BCUT2D eigenvalue weighted by Crippen LogP contribution is -2.31. The number of nitrogens with zero attached hydrogens (tertiary/aromatic N) is 2. The van der Waals surface area contributed by atoms with Crippen LogP contribution >= 0.6 is 0 Å². The predicted molar refractivity (Wildman–Crippen MR) is 125 cm³/mol. The molecule has 3 rings (SSSR count). The van der Waals surface area contributed by atoms with Crippen LogP contribution in [-0.2, 0) is 26.9 Å². The molecule has 0 unspecified atom stereocenters. The molecule has 182 valence electrons. The zero-order valence-electron chi connectivity index (χ0n) is 18.9. The van der Waals surface area contributed by atoms with Crippen LogP contribution in [0.4, 0.5) is 18.9 Å². The highest BCUT2D eigenvalue weighted by atomic mass is 19.4. The van der Waals surface area contributed by atoms with Crippen LogP contribution in [0.25, 0.3) is 0 Å². The van der Waals surface area contributed by atoms with Gasteiger partial charge < -0.3 is 9.47 Å². The van der Waals surface area contributed by atoms with Crippen LogP contribution in [0.5, 0.6) is 5.75 Å². The van der Waals surface area contributed by atoms with E-state index in [-0.39, 0.29) is 5.69 Å². The molecule has 35 heavy (non-hydrogen) atoms. The monoisotopic (exact) mass is 484 g/mol. The van der Waals surface area contributed by atoms with Gasteiger partial charge in [-0.1, -0.05) is 55.5 Å². The fourth-order valence-electron chi connectivity index (χ4n) is 2.96. The van der Waals surface area contributed by atoms with Crippen molar-refractivity contribution in [2.24, 2.45) is 5.10 Å². The Kier molecular flexibility index (Phi) is 8.61. The smallest absolute Gasteiger partial charge is 0.416 e. The maximum absolute atomic E-state index is 13.2. The number of ether oxygens (including phenoxy) is 2. The molecule has 3 aromatic carbocycles. The number of amides is 1. The molecule has 0 aliphatic heterocycles. The largest absolute Gasteiger partial charge is 0.482 e. The first kappa shape index (κ1) is 25.5. The molecule has 0 N–H and O–H groups in total. The van der Waals surface area contributed by atoms with Gasteiger partial charge in [-0.3, -0.25) is 4.79 Å². The Balaban J connectivity index is 1.69. The van der Waals surface area contributed by atoms with Gasteiger partial charge in [0.1, 0.15) is 5.75 Å². The van der Waals surface area contributed by atoms with Crippen molar-refractivity contribution in [3.63, 3.8) is 0 Å². The van der Waals surface area contributed by atoms with E-state index in [1.165, 1.54) is 18.3 Å². The summed E-state index contributed by atoms with van der Waals surface area (Å²) in [5, 5.41) is 4.81. The molecule has 6 nitrogen and oxygen atoms in total. The predicted octanol–water partition coefficient (Wildman–Crippen LogP) is 5.26. The van der Waals surface area contributed by atoms with Crippen LogP contribution in [0.3, 0.4) is 0 Å². The molecule has 0 radical (unpaired) electrons. The molecular formula is C26H23F3N2O4. The lowest BCUT2D eigenvalue weighted by atomic mass is 10.2. The van der Waals surface area contributed by atoms with Gasteiger partial charge in [0.2, 0.25) is 0 Å². The van der Waals surface area contributed by atoms with E-state index in [0.29, 0.717) is 11.3 Å². The van der Waals surface area contributed by atoms with Crippen LogP contribution in [-0.4, -0.2) is 31.3 Å². The SMILES string of the molecule is CCc1ccc(OCC(=O)OCC(=O)N(N=Cc2ccccc2)c2cccc(C(F)(F)F)c2)cc1. The van der Waals surface area contributed by atoms with Crippen molar-refractivity contribution < 1.29 is 32.2 Å². The summed E-state index contributed by atoms with van der Waals surface area (Å²) in [6, 6.07) is 20.0. The topological polar surface area (TPSA) is 68.2 Å². The van der Waals surface area contributed by atoms with Gasteiger partial charge in [0.15, 0.2) is 13.2 Å². The number of aryl methyl sites for hydroxylation is 1. The molecule has 0 aromatic heterocycles. The number of benzene rings is 3. The molecule has 0 heterocycles. The summed E-state index contributed by atoms with van der Waals surface area (Å²) in [7, 11) is 0. The summed E-state index contributed by atoms with van der Waals surface area (Å²) in [5.74, 6) is -1.19. The van der Waals surface area contributed by atoms with Crippen LogP contribution < -0.4 is 9.75 Å². The van der Waals surface area contributed by atoms with Gasteiger partial charge in [0.25, 0.3) is 5.91 Å². The average Bonchev–Trinajstić information content (AvgIpc) is 2.87. The Bertz CT molecular complexity index is 1160. The molecule has 1 amide bonds. The highest BCUT2D eigenvalue weighted by Gasteiger charge is 2.31. The Morgan fingerprint density at radius 2 is 1.66 bits per heavy atom. The molecule has 0 saturated heterocycles. The maximum atomic E-state index is 13.2. The Morgan fingerprint density at radius 3 is 2.31 bits per heavy atom. The Labute approximate surface area is 200 Å². The third-order valence-corrected chi connectivity index (χ3v) is 4.82. The fraction of sp³-hybridized carbons (Fsp3) is 0.192. The van der Waals surface area contributed by atoms with Crippen LogP contribution in [0.15, 0.2) is 84.0 Å². The van der Waals surface area contributed by atoms with Crippen molar-refractivity contribution in [3.8, 4) is 5.75 Å². The number of hydrogen-bond donors (Lipinski definition) is 0. The van der Waals surface area contributed by atoms with Gasteiger partial charge in [-0.15, -0.1) is 0 Å². The molecule has 0 aliphatic rings. The number of rotatable bonds is 9. The Hall–Kier alpha value is -4.14. The summed E-state index contributed by atoms with van der Waals surface area (Å²) < 4.78 is 49.9. The summed E-state index contributed by atoms with van der Waals surface area (Å²) in [5.41, 5.74) is 0.663. The molecule has 0 spiro atoms. The minimum atomic E-state index is -4.60. The van der Waals surface area contributed by atoms with E-state index in [1.54, 1.807) is 42.5 Å². The van der Waals surface area contributed by atoms with Crippen LogP contribution in [0, 0.1) is 0 Å². The number of hydrogen-bond acceptors (Lipinski definition) is 5. The zero-order chi connectivity index (χ0) is 25.3. The maximum Gasteiger partial charge on any atom is 0.416 e. The third-order valence-electron chi connectivity index (χ3n) is 4.82. The van der Waals surface area contributed by atoms with E-state index in [9.17, 15) is 22.8 Å². The first-order valence-corrected chi connectivity index (χ1v) is 10.7. The molecule has 0 fully saturated rings. The number of hydrazone groups is 1. The highest BCUT2D eigenvalue weighted by molar-refractivity contribution is 5.96. The van der Waals surface area contributed by atoms with E-state index < -0.39 is 36.8 Å². The quantitative estimate of drug-likeness (QED) is 0.236. The lowest BCUT2D eigenvalue weighted by molar-refractivity contribution is -0.149. The number of esters is 1. The molecule has 0 aliphatic carbocycles. The molecular weight excluding hydrogens is 461 g/mol.